The van der Waals surface area contributed by atoms with Crippen LogP contribution in [0.2, 0.25) is 0 Å². The highest BCUT2D eigenvalue weighted by Gasteiger charge is 2.16. The summed E-state index contributed by atoms with van der Waals surface area (Å²) in [5.41, 5.74) is 8.86. The minimum atomic E-state index is -0.276. The van der Waals surface area contributed by atoms with Crippen molar-refractivity contribution in [2.45, 2.75) is 0 Å². The number of nitrogens with zero attached hydrogens (tertiary/aromatic N) is 2. The monoisotopic (exact) mass is 584 g/mol. The van der Waals surface area contributed by atoms with Crippen LogP contribution in [0.4, 0.5) is 4.39 Å². The normalized spacial score (nSPS) is 11.3. The van der Waals surface area contributed by atoms with Gasteiger partial charge in [0, 0.05) is 36.9 Å². The van der Waals surface area contributed by atoms with Gasteiger partial charge in [0.05, 0.1) is 11.4 Å². The third-order valence-electron chi connectivity index (χ3n) is 7.95. The van der Waals surface area contributed by atoms with Crippen LogP contribution in [0.5, 0.6) is 0 Å². The molecule has 2 heterocycles. The van der Waals surface area contributed by atoms with Gasteiger partial charge >= 0.3 is 0 Å². The van der Waals surface area contributed by atoms with Gasteiger partial charge in [0.1, 0.15) is 5.82 Å². The Balaban J connectivity index is 1.38. The average molecular weight is 585 g/mol. The lowest BCUT2D eigenvalue weighted by Gasteiger charge is -2.13. The van der Waals surface area contributed by atoms with Crippen molar-refractivity contribution in [3.63, 3.8) is 0 Å². The quantitative estimate of drug-likeness (QED) is 0.201. The maximum Gasteiger partial charge on any atom is 0.160 e. The van der Waals surface area contributed by atoms with Gasteiger partial charge < -0.3 is 0 Å². The molecule has 0 radical (unpaired) electrons. The van der Waals surface area contributed by atoms with Gasteiger partial charge in [0.2, 0.25) is 0 Å². The van der Waals surface area contributed by atoms with Crippen molar-refractivity contribution in [3.8, 4) is 56.2 Å². The molecule has 0 aliphatic carbocycles. The molecule has 2 aromatic heterocycles. The van der Waals surface area contributed by atoms with E-state index in [1.807, 2.05) is 53.8 Å². The third-order valence-corrected chi connectivity index (χ3v) is 9.17. The summed E-state index contributed by atoms with van der Waals surface area (Å²) in [6, 6.07) is 50.8. The topological polar surface area (TPSA) is 25.8 Å². The van der Waals surface area contributed by atoms with Gasteiger partial charge in [0.15, 0.2) is 5.82 Å². The molecule has 0 aliphatic heterocycles. The highest BCUT2D eigenvalue weighted by molar-refractivity contribution is 7.26. The van der Waals surface area contributed by atoms with Crippen LogP contribution in [0.15, 0.2) is 152 Å². The second-order valence-corrected chi connectivity index (χ2v) is 11.8. The van der Waals surface area contributed by atoms with E-state index in [1.165, 1.54) is 37.9 Å². The summed E-state index contributed by atoms with van der Waals surface area (Å²) in [6.45, 7) is 0. The Morgan fingerprint density at radius 1 is 0.432 bits per heavy atom. The maximum absolute atomic E-state index is 13.8. The van der Waals surface area contributed by atoms with Gasteiger partial charge in [-0.2, -0.15) is 0 Å². The first-order chi connectivity index (χ1) is 21.7. The summed E-state index contributed by atoms with van der Waals surface area (Å²) in [5, 5.41) is 2.54. The zero-order valence-corrected chi connectivity index (χ0v) is 24.4. The van der Waals surface area contributed by atoms with Crippen molar-refractivity contribution in [3.05, 3.63) is 157 Å². The van der Waals surface area contributed by atoms with Gasteiger partial charge in [-0.1, -0.05) is 97.1 Å². The van der Waals surface area contributed by atoms with E-state index in [2.05, 4.69) is 84.9 Å². The zero-order valence-electron chi connectivity index (χ0n) is 23.6. The number of halogens is 1. The number of thiophene rings is 1. The molecular formula is C40H25FN2S. The van der Waals surface area contributed by atoms with E-state index < -0.39 is 0 Å². The predicted octanol–water partition coefficient (Wildman–Crippen LogP) is 11.3. The summed E-state index contributed by atoms with van der Waals surface area (Å²) >= 11 is 1.83. The second-order valence-electron chi connectivity index (χ2n) is 10.8. The molecule has 0 aliphatic rings. The maximum atomic E-state index is 13.8. The Labute approximate surface area is 258 Å². The Morgan fingerprint density at radius 2 is 1.05 bits per heavy atom. The average Bonchev–Trinajstić information content (AvgIpc) is 3.48. The molecule has 0 saturated carbocycles. The van der Waals surface area contributed by atoms with E-state index in [-0.39, 0.29) is 5.82 Å². The van der Waals surface area contributed by atoms with Crippen molar-refractivity contribution >= 4 is 31.5 Å². The van der Waals surface area contributed by atoms with Gasteiger partial charge in [-0.3, -0.25) is 0 Å². The molecule has 8 aromatic rings. The molecule has 0 atom stereocenters. The highest BCUT2D eigenvalue weighted by Crippen LogP contribution is 2.42. The summed E-state index contributed by atoms with van der Waals surface area (Å²) < 4.78 is 16.4. The first kappa shape index (κ1) is 26.2. The highest BCUT2D eigenvalue weighted by atomic mass is 32.1. The number of hydrogen-bond donors (Lipinski definition) is 0. The third kappa shape index (κ3) is 4.85. The van der Waals surface area contributed by atoms with Crippen molar-refractivity contribution in [2.24, 2.45) is 0 Å². The molecule has 8 rings (SSSR count). The summed E-state index contributed by atoms with van der Waals surface area (Å²) in [6.07, 6.45) is 0. The fourth-order valence-corrected chi connectivity index (χ4v) is 7.02. The molecule has 6 aromatic carbocycles. The number of hydrogen-bond acceptors (Lipinski definition) is 3. The van der Waals surface area contributed by atoms with Crippen molar-refractivity contribution < 1.29 is 4.39 Å². The van der Waals surface area contributed by atoms with Crippen LogP contribution in [0.3, 0.4) is 0 Å². The van der Waals surface area contributed by atoms with E-state index in [0.717, 1.165) is 44.8 Å². The fraction of sp³-hybridized carbons (Fsp3) is 0. The van der Waals surface area contributed by atoms with Crippen LogP contribution in [0.1, 0.15) is 0 Å². The van der Waals surface area contributed by atoms with Gasteiger partial charge in [-0.25, -0.2) is 14.4 Å². The minimum absolute atomic E-state index is 0.276. The number of benzene rings is 6. The van der Waals surface area contributed by atoms with Crippen LogP contribution in [0, 0.1) is 5.82 Å². The Kier molecular flexibility index (Phi) is 6.55. The molecule has 0 amide bonds. The first-order valence-electron chi connectivity index (χ1n) is 14.5. The summed E-state index contributed by atoms with van der Waals surface area (Å²) in [4.78, 5) is 10.0. The van der Waals surface area contributed by atoms with Gasteiger partial charge in [-0.15, -0.1) is 11.3 Å². The van der Waals surface area contributed by atoms with Gasteiger partial charge in [0.25, 0.3) is 0 Å². The molecule has 0 bridgehead atoms. The second kappa shape index (κ2) is 11.0. The lowest BCUT2D eigenvalue weighted by molar-refractivity contribution is 0.628. The van der Waals surface area contributed by atoms with Crippen LogP contribution >= 0.6 is 11.3 Å². The fourth-order valence-electron chi connectivity index (χ4n) is 5.78. The number of fused-ring (bicyclic) bond motifs is 3. The molecular weight excluding hydrogens is 560 g/mol. The molecule has 4 heteroatoms. The lowest BCUT2D eigenvalue weighted by Crippen LogP contribution is -1.96. The lowest BCUT2D eigenvalue weighted by atomic mass is 9.94. The summed E-state index contributed by atoms with van der Waals surface area (Å²) in [7, 11) is 0. The molecule has 0 fully saturated rings. The van der Waals surface area contributed by atoms with E-state index in [0.29, 0.717) is 5.82 Å². The van der Waals surface area contributed by atoms with E-state index >= 15 is 0 Å². The largest absolute Gasteiger partial charge is 0.228 e. The van der Waals surface area contributed by atoms with E-state index in [4.69, 9.17) is 9.97 Å². The standard InChI is InChI=1S/C40H25FN2S/c41-32-20-18-27(19-21-32)36-25-37(43-40(42-36)28-12-5-2-6-13-28)31-23-29(26-10-3-1-4-11-26)22-30(24-31)33-15-9-16-35-34-14-7-8-17-38(34)44-39(33)35/h1-25H. The molecule has 0 N–H and O–H groups in total. The molecule has 0 unspecified atom stereocenters. The van der Waals surface area contributed by atoms with Gasteiger partial charge in [-0.05, 0) is 76.9 Å². The first-order valence-corrected chi connectivity index (χ1v) is 15.3. The van der Waals surface area contributed by atoms with Crippen LogP contribution < -0.4 is 0 Å². The molecule has 0 saturated heterocycles. The number of aromatic nitrogens is 2. The summed E-state index contributed by atoms with van der Waals surface area (Å²) in [5.74, 6) is 0.350. The van der Waals surface area contributed by atoms with Crippen LogP contribution in [-0.4, -0.2) is 9.97 Å². The molecule has 2 nitrogen and oxygen atoms in total. The van der Waals surface area contributed by atoms with Crippen molar-refractivity contribution in [2.75, 3.05) is 0 Å². The number of rotatable bonds is 5. The van der Waals surface area contributed by atoms with Crippen LogP contribution in [0.25, 0.3) is 76.3 Å². The molecule has 0 spiro atoms. The van der Waals surface area contributed by atoms with Crippen molar-refractivity contribution in [1.82, 2.24) is 9.97 Å². The smallest absolute Gasteiger partial charge is 0.160 e. The minimum Gasteiger partial charge on any atom is -0.228 e. The Morgan fingerprint density at radius 3 is 1.82 bits per heavy atom. The predicted molar refractivity (Wildman–Crippen MR) is 182 cm³/mol. The zero-order chi connectivity index (χ0) is 29.5. The van der Waals surface area contributed by atoms with E-state index in [9.17, 15) is 4.39 Å². The molecule has 44 heavy (non-hydrogen) atoms. The molecule has 208 valence electrons. The van der Waals surface area contributed by atoms with Crippen molar-refractivity contribution in [1.29, 1.82) is 0 Å². The Hall–Kier alpha value is -5.45. The Bertz CT molecular complexity index is 2270. The van der Waals surface area contributed by atoms with Crippen LogP contribution in [-0.2, 0) is 0 Å². The SMILES string of the molecule is Fc1ccc(-c2cc(-c3cc(-c4ccccc4)cc(-c4cccc5c4sc4ccccc45)c3)nc(-c3ccccc3)n2)cc1. The van der Waals surface area contributed by atoms with E-state index in [1.54, 1.807) is 12.1 Å².